The number of ketones is 2. The number of amides is 1. The third kappa shape index (κ3) is 4.51. The molecule has 0 bridgehead atoms. The lowest BCUT2D eigenvalue weighted by Crippen LogP contribution is -2.65. The number of phenols is 1. The number of aliphatic hydroxyl groups is 3. The Kier molecular flexibility index (Phi) is 7.64. The molecule has 0 aromatic heterocycles. The molecule has 1 amide bonds. The molecular weight excluding hydrogens is 550 g/mol. The molecule has 2 aromatic rings. The van der Waals surface area contributed by atoms with E-state index < -0.39 is 58.0 Å². The molecule has 3 aliphatic rings. The lowest BCUT2D eigenvalue weighted by molar-refractivity contribution is -0.153. The Balaban J connectivity index is 1.71. The van der Waals surface area contributed by atoms with E-state index in [0.717, 1.165) is 30.5 Å². The van der Waals surface area contributed by atoms with Crippen LogP contribution in [0, 0.1) is 11.8 Å². The van der Waals surface area contributed by atoms with Crippen molar-refractivity contribution in [2.24, 2.45) is 17.6 Å². The molecule has 228 valence electrons. The van der Waals surface area contributed by atoms with Gasteiger partial charge in [0.1, 0.15) is 22.8 Å². The zero-order chi connectivity index (χ0) is 31.5. The van der Waals surface area contributed by atoms with E-state index in [0.29, 0.717) is 11.1 Å². The van der Waals surface area contributed by atoms with E-state index in [9.17, 15) is 34.8 Å². The number of carbonyl (C=O) groups excluding carboxylic acids is 3. The topological polar surface area (TPSA) is 165 Å². The van der Waals surface area contributed by atoms with Crippen LogP contribution in [-0.4, -0.2) is 82.6 Å². The van der Waals surface area contributed by atoms with Gasteiger partial charge >= 0.3 is 0 Å². The summed E-state index contributed by atoms with van der Waals surface area (Å²) in [5, 5.41) is 46.2. The second kappa shape index (κ2) is 10.8. The first-order chi connectivity index (χ1) is 20.2. The number of rotatable bonds is 7. The number of primary amides is 1. The fourth-order valence-corrected chi connectivity index (χ4v) is 7.14. The number of carbonyl (C=O) groups is 3. The summed E-state index contributed by atoms with van der Waals surface area (Å²) in [5.74, 6) is -6.63. The fourth-order valence-electron chi connectivity index (χ4n) is 7.14. The highest BCUT2D eigenvalue weighted by Crippen LogP contribution is 2.54. The molecule has 10 heteroatoms. The molecule has 0 aliphatic heterocycles. The summed E-state index contributed by atoms with van der Waals surface area (Å²) in [6.07, 6.45) is 3.35. The number of aliphatic hydroxyl groups excluding tert-OH is 2. The second-order valence-electron chi connectivity index (χ2n) is 12.3. The van der Waals surface area contributed by atoms with E-state index in [1.54, 1.807) is 14.1 Å². The molecule has 0 saturated heterocycles. The number of anilines is 1. The third-order valence-electron chi connectivity index (χ3n) is 9.26. The molecule has 0 unspecified atom stereocenters. The monoisotopic (exact) mass is 589 g/mol. The maximum Gasteiger partial charge on any atom is 0.255 e. The summed E-state index contributed by atoms with van der Waals surface area (Å²) in [4.78, 5) is 43.0. The standard InChI is InChI=1S/C33H39N3O7/c1-6-7-8-16-9-11-17(12-10-16)19-15-22(35(2)3)20-13-18-14-21-26(36(4)5)29(39)25(32(34)42)31(41)33(21,43)30(40)23(18)28(38)24(20)27(19)37/h9-12,15,18,21,26,37-38,41,43H,6-8,13-14H2,1-5H3,(H2,34,42)/t18-,21-,26+,33-/m0/s1. The van der Waals surface area contributed by atoms with Gasteiger partial charge in [-0.1, -0.05) is 37.6 Å². The van der Waals surface area contributed by atoms with Gasteiger partial charge in [-0.2, -0.15) is 0 Å². The van der Waals surface area contributed by atoms with Gasteiger partial charge in [0.2, 0.25) is 5.78 Å². The molecule has 0 spiro atoms. The summed E-state index contributed by atoms with van der Waals surface area (Å²) in [7, 11) is 6.85. The van der Waals surface area contributed by atoms with Crippen molar-refractivity contribution in [1.82, 2.24) is 4.90 Å². The first-order valence-corrected chi connectivity index (χ1v) is 14.6. The molecule has 6 N–H and O–H groups in total. The summed E-state index contributed by atoms with van der Waals surface area (Å²) in [6.45, 7) is 2.13. The van der Waals surface area contributed by atoms with E-state index in [1.165, 1.54) is 10.5 Å². The number of unbranched alkanes of at least 4 members (excludes halogenated alkanes) is 1. The van der Waals surface area contributed by atoms with Crippen molar-refractivity contribution < 1.29 is 34.8 Å². The summed E-state index contributed by atoms with van der Waals surface area (Å²) in [5.41, 5.74) is 5.54. The van der Waals surface area contributed by atoms with Gasteiger partial charge in [-0.3, -0.25) is 19.3 Å². The zero-order valence-electron chi connectivity index (χ0n) is 25.1. The lowest BCUT2D eigenvalue weighted by Gasteiger charge is -2.50. The SMILES string of the molecule is CCCCc1ccc(-c2cc(N(C)C)c3c(c2O)C(O)=C2C(=O)[C@]4(O)C(O)=C(C(N)=O)C(=O)[C@H](N(C)C)[C@@H]4C[C@@H]2C3)cc1. The van der Waals surface area contributed by atoms with Crippen molar-refractivity contribution in [1.29, 1.82) is 0 Å². The number of nitrogens with zero attached hydrogens (tertiary/aromatic N) is 2. The first kappa shape index (κ1) is 30.3. The number of phenolic OH excluding ortho intramolecular Hbond substituents is 1. The molecule has 1 fully saturated rings. The summed E-state index contributed by atoms with van der Waals surface area (Å²) in [6, 6.07) is 8.57. The van der Waals surface area contributed by atoms with Crippen LogP contribution in [0.15, 0.2) is 47.2 Å². The fraction of sp³-hybridized carbons (Fsp3) is 0.424. The van der Waals surface area contributed by atoms with Gasteiger partial charge in [0.25, 0.3) is 5.91 Å². The quantitative estimate of drug-likeness (QED) is 0.305. The van der Waals surface area contributed by atoms with Crippen LogP contribution in [0.1, 0.15) is 42.9 Å². The number of aryl methyl sites for hydroxylation is 1. The molecule has 0 radical (unpaired) electrons. The van der Waals surface area contributed by atoms with E-state index in [-0.39, 0.29) is 29.7 Å². The Hall–Kier alpha value is -4.15. The van der Waals surface area contributed by atoms with Crippen LogP contribution in [0.5, 0.6) is 5.75 Å². The lowest BCUT2D eigenvalue weighted by atomic mass is 9.57. The van der Waals surface area contributed by atoms with Crippen LogP contribution in [0.3, 0.4) is 0 Å². The van der Waals surface area contributed by atoms with Crippen LogP contribution in [0.25, 0.3) is 16.9 Å². The first-order valence-electron chi connectivity index (χ1n) is 14.6. The molecule has 3 aliphatic carbocycles. The highest BCUT2D eigenvalue weighted by molar-refractivity contribution is 6.24. The predicted molar refractivity (Wildman–Crippen MR) is 163 cm³/mol. The van der Waals surface area contributed by atoms with Crippen LogP contribution in [0.4, 0.5) is 5.69 Å². The number of hydrogen-bond acceptors (Lipinski definition) is 9. The van der Waals surface area contributed by atoms with Crippen molar-refractivity contribution in [2.45, 2.75) is 50.7 Å². The molecule has 4 atom stereocenters. The number of benzene rings is 2. The van der Waals surface area contributed by atoms with Crippen LogP contribution >= 0.6 is 0 Å². The smallest absolute Gasteiger partial charge is 0.255 e. The van der Waals surface area contributed by atoms with Gasteiger partial charge in [0, 0.05) is 36.8 Å². The van der Waals surface area contributed by atoms with Crippen LogP contribution in [-0.2, 0) is 27.2 Å². The van der Waals surface area contributed by atoms with Gasteiger partial charge in [-0.05, 0) is 68.5 Å². The number of nitrogens with two attached hydrogens (primary N) is 1. The van der Waals surface area contributed by atoms with E-state index in [4.69, 9.17) is 5.73 Å². The maximum absolute atomic E-state index is 14.2. The van der Waals surface area contributed by atoms with Crippen LogP contribution < -0.4 is 10.6 Å². The predicted octanol–water partition coefficient (Wildman–Crippen LogP) is 3.04. The Morgan fingerprint density at radius 3 is 2.28 bits per heavy atom. The Morgan fingerprint density at radius 2 is 1.72 bits per heavy atom. The largest absolute Gasteiger partial charge is 0.508 e. The Morgan fingerprint density at radius 1 is 1.07 bits per heavy atom. The highest BCUT2D eigenvalue weighted by Gasteiger charge is 2.64. The molecule has 10 nitrogen and oxygen atoms in total. The third-order valence-corrected chi connectivity index (χ3v) is 9.26. The average molecular weight is 590 g/mol. The Labute approximate surface area is 250 Å². The van der Waals surface area contributed by atoms with Crippen molar-refractivity contribution >= 4 is 28.9 Å². The van der Waals surface area contributed by atoms with Gasteiger partial charge in [0.15, 0.2) is 11.4 Å². The minimum Gasteiger partial charge on any atom is -0.508 e. The van der Waals surface area contributed by atoms with E-state index in [1.807, 2.05) is 49.3 Å². The molecule has 2 aromatic carbocycles. The average Bonchev–Trinajstić information content (AvgIpc) is 2.93. The highest BCUT2D eigenvalue weighted by atomic mass is 16.3. The van der Waals surface area contributed by atoms with Crippen molar-refractivity contribution in [2.75, 3.05) is 33.1 Å². The molecular formula is C33H39N3O7. The van der Waals surface area contributed by atoms with Crippen molar-refractivity contribution in [3.63, 3.8) is 0 Å². The minimum atomic E-state index is -2.67. The number of Topliss-reactive ketones (excluding diaryl/α,β-unsaturated/α-hetero) is 2. The van der Waals surface area contributed by atoms with Gasteiger partial charge < -0.3 is 31.1 Å². The van der Waals surface area contributed by atoms with Gasteiger partial charge in [-0.15, -0.1) is 0 Å². The number of hydrogen-bond donors (Lipinski definition) is 5. The minimum absolute atomic E-state index is 0.0420. The van der Waals surface area contributed by atoms with Crippen molar-refractivity contribution in [3.05, 3.63) is 63.9 Å². The number of aromatic hydroxyl groups is 1. The van der Waals surface area contributed by atoms with Crippen LogP contribution in [0.2, 0.25) is 0 Å². The second-order valence-corrected chi connectivity index (χ2v) is 12.3. The zero-order valence-corrected chi connectivity index (χ0v) is 25.1. The molecule has 43 heavy (non-hydrogen) atoms. The van der Waals surface area contributed by atoms with Gasteiger partial charge in [0.05, 0.1) is 11.6 Å². The Bertz CT molecular complexity index is 1590. The molecule has 5 rings (SSSR count). The van der Waals surface area contributed by atoms with E-state index in [2.05, 4.69) is 6.92 Å². The van der Waals surface area contributed by atoms with Crippen molar-refractivity contribution in [3.8, 4) is 16.9 Å². The molecule has 0 heterocycles. The number of likely N-dealkylation sites (N-methyl/N-ethyl adjacent to an activating group) is 1. The summed E-state index contributed by atoms with van der Waals surface area (Å²) < 4.78 is 0. The maximum atomic E-state index is 14.2. The number of fused-ring (bicyclic) bond motifs is 3. The normalized spacial score (nSPS) is 25.0. The van der Waals surface area contributed by atoms with Gasteiger partial charge in [-0.25, -0.2) is 0 Å². The summed E-state index contributed by atoms with van der Waals surface area (Å²) >= 11 is 0. The van der Waals surface area contributed by atoms with E-state index >= 15 is 0 Å². The molecule has 1 saturated carbocycles.